The molecule has 0 saturated carbocycles. The molecule has 6 nitrogen and oxygen atoms in total. The molecule has 0 heterocycles. The number of hydrogen-bond donors (Lipinski definition) is 4. The molecule has 0 radical (unpaired) electrons. The average molecular weight is 302 g/mol. The van der Waals surface area contributed by atoms with Crippen molar-refractivity contribution in [3.63, 3.8) is 0 Å². The number of rotatable bonds is 9. The normalized spacial score (nSPS) is 14.4. The molecule has 0 bridgehead atoms. The summed E-state index contributed by atoms with van der Waals surface area (Å²) in [6.45, 7) is 0. The van der Waals surface area contributed by atoms with Crippen LogP contribution in [0, 0.1) is 0 Å². The molecule has 0 aromatic heterocycles. The lowest BCUT2D eigenvalue weighted by molar-refractivity contribution is -0.139. The second kappa shape index (κ2) is 9.31. The second-order valence-electron chi connectivity index (χ2n) is 2.59. The van der Waals surface area contributed by atoms with Crippen molar-refractivity contribution in [2.45, 2.75) is 12.1 Å². The Bertz CT molecular complexity index is 219. The lowest BCUT2D eigenvalue weighted by atomic mass is 10.4. The van der Waals surface area contributed by atoms with Crippen LogP contribution in [0.3, 0.4) is 0 Å². The average Bonchev–Trinajstić information content (AvgIpc) is 2.22. The number of carbonyl (C=O) groups is 2. The summed E-state index contributed by atoms with van der Waals surface area (Å²) < 4.78 is 4.45. The van der Waals surface area contributed by atoms with Crippen LogP contribution in [0.5, 0.6) is 0 Å². The van der Waals surface area contributed by atoms with Gasteiger partial charge < -0.3 is 45.3 Å². The standard InChI is InChI=1S/C6H10N2O4S4/c9-5(10)3(7-13)1-15-16-2-4(8-14)6(11)12/h3-4,7-8H,1-2H2,(H,9,10)(H,11,12)/q-2. The molecule has 0 aliphatic carbocycles. The van der Waals surface area contributed by atoms with Gasteiger partial charge in [0.1, 0.15) is 0 Å². The first kappa shape index (κ1) is 16.3. The van der Waals surface area contributed by atoms with E-state index in [0.29, 0.717) is 0 Å². The maximum atomic E-state index is 10.5. The largest absolute Gasteiger partial charge is 0.704 e. The van der Waals surface area contributed by atoms with Gasteiger partial charge in [0.05, 0.1) is 12.1 Å². The van der Waals surface area contributed by atoms with Crippen molar-refractivity contribution in [1.82, 2.24) is 9.44 Å². The van der Waals surface area contributed by atoms with Crippen molar-refractivity contribution < 1.29 is 19.8 Å². The van der Waals surface area contributed by atoms with Crippen molar-refractivity contribution in [1.29, 1.82) is 0 Å². The van der Waals surface area contributed by atoms with E-state index in [2.05, 4.69) is 35.1 Å². The molecular formula is C6H10N2O4S4-2. The molecule has 2 atom stereocenters. The Balaban J connectivity index is 3.73. The summed E-state index contributed by atoms with van der Waals surface area (Å²) in [5.41, 5.74) is 0. The van der Waals surface area contributed by atoms with E-state index in [0.717, 1.165) is 0 Å². The van der Waals surface area contributed by atoms with E-state index in [9.17, 15) is 9.59 Å². The van der Waals surface area contributed by atoms with Crippen molar-refractivity contribution in [3.05, 3.63) is 0 Å². The van der Waals surface area contributed by atoms with Crippen molar-refractivity contribution in [2.24, 2.45) is 0 Å². The summed E-state index contributed by atoms with van der Waals surface area (Å²) in [5, 5.41) is 17.3. The van der Waals surface area contributed by atoms with Gasteiger partial charge in [0.25, 0.3) is 0 Å². The van der Waals surface area contributed by atoms with E-state index in [1.807, 2.05) is 0 Å². The highest BCUT2D eigenvalue weighted by Gasteiger charge is 2.14. The molecule has 2 unspecified atom stereocenters. The molecule has 0 aliphatic heterocycles. The fraction of sp³-hybridized carbons (Fsp3) is 0.667. The minimum absolute atomic E-state index is 0.257. The fourth-order valence-corrected chi connectivity index (χ4v) is 3.43. The van der Waals surface area contributed by atoms with E-state index in [1.165, 1.54) is 21.6 Å². The predicted octanol–water partition coefficient (Wildman–Crippen LogP) is -0.623. The quantitative estimate of drug-likeness (QED) is 0.250. The van der Waals surface area contributed by atoms with Gasteiger partial charge in [-0.3, -0.25) is 9.59 Å². The Labute approximate surface area is 112 Å². The Morgan fingerprint density at radius 2 is 1.31 bits per heavy atom. The van der Waals surface area contributed by atoms with E-state index in [4.69, 9.17) is 10.2 Å². The monoisotopic (exact) mass is 302 g/mol. The molecule has 94 valence electrons. The summed E-state index contributed by atoms with van der Waals surface area (Å²) in [6, 6.07) is -1.63. The molecule has 4 N–H and O–H groups in total. The van der Waals surface area contributed by atoms with Gasteiger partial charge in [-0.1, -0.05) is 21.6 Å². The van der Waals surface area contributed by atoms with Crippen LogP contribution >= 0.6 is 21.6 Å². The van der Waals surface area contributed by atoms with Gasteiger partial charge in [-0.15, -0.1) is 0 Å². The number of aliphatic carboxylic acids is 2. The smallest absolute Gasteiger partial charge is 0.319 e. The molecular weight excluding hydrogens is 292 g/mol. The highest BCUT2D eigenvalue weighted by Crippen LogP contribution is 2.22. The molecule has 0 fully saturated rings. The zero-order chi connectivity index (χ0) is 12.6. The molecule has 16 heavy (non-hydrogen) atoms. The van der Waals surface area contributed by atoms with Crippen molar-refractivity contribution in [3.8, 4) is 0 Å². The third kappa shape index (κ3) is 6.76. The van der Waals surface area contributed by atoms with Gasteiger partial charge in [-0.05, 0) is 0 Å². The SMILES string of the molecule is O=C(O)C(CSSCC(N[S-])C(=O)O)N[S-]. The van der Waals surface area contributed by atoms with Crippen LogP contribution in [-0.2, 0) is 35.2 Å². The zero-order valence-electron chi connectivity index (χ0n) is 7.91. The van der Waals surface area contributed by atoms with Crippen LogP contribution in [0.2, 0.25) is 0 Å². The molecule has 0 rings (SSSR count). The summed E-state index contributed by atoms with van der Waals surface area (Å²) in [6.07, 6.45) is 0. The molecule has 0 aromatic rings. The van der Waals surface area contributed by atoms with Crippen LogP contribution < -0.4 is 9.44 Å². The van der Waals surface area contributed by atoms with E-state index < -0.39 is 24.0 Å². The van der Waals surface area contributed by atoms with Gasteiger partial charge in [0.15, 0.2) is 0 Å². The van der Waals surface area contributed by atoms with Gasteiger partial charge in [0.2, 0.25) is 0 Å². The third-order valence-electron chi connectivity index (χ3n) is 1.43. The summed E-state index contributed by atoms with van der Waals surface area (Å²) in [4.78, 5) is 21.1. The topological polar surface area (TPSA) is 98.7 Å². The molecule has 0 spiro atoms. The summed E-state index contributed by atoms with van der Waals surface area (Å²) in [5.74, 6) is -1.54. The number of hydrogen-bond acceptors (Lipinski definition) is 8. The lowest BCUT2D eigenvalue weighted by Crippen LogP contribution is -2.36. The maximum Gasteiger partial charge on any atom is 0.319 e. The van der Waals surface area contributed by atoms with Crippen LogP contribution in [0.4, 0.5) is 0 Å². The van der Waals surface area contributed by atoms with Gasteiger partial charge in [-0.25, -0.2) is 0 Å². The Hall–Kier alpha value is 0.260. The predicted molar refractivity (Wildman–Crippen MR) is 68.8 cm³/mol. The summed E-state index contributed by atoms with van der Waals surface area (Å²) in [7, 11) is 2.46. The first-order valence-corrected chi connectivity index (χ1v) is 7.28. The van der Waals surface area contributed by atoms with E-state index >= 15 is 0 Å². The highest BCUT2D eigenvalue weighted by molar-refractivity contribution is 8.76. The van der Waals surface area contributed by atoms with E-state index in [1.54, 1.807) is 0 Å². The second-order valence-corrected chi connectivity index (χ2v) is 5.61. The lowest BCUT2D eigenvalue weighted by Gasteiger charge is -2.19. The maximum absolute atomic E-state index is 10.5. The van der Waals surface area contributed by atoms with Gasteiger partial charge in [-0.2, -0.15) is 0 Å². The number of carboxylic acids is 2. The molecule has 0 aliphatic rings. The minimum atomic E-state index is -1.03. The van der Waals surface area contributed by atoms with Crippen molar-refractivity contribution in [2.75, 3.05) is 11.5 Å². The number of nitrogens with one attached hydrogen (secondary N) is 2. The highest BCUT2D eigenvalue weighted by atomic mass is 33.1. The first-order valence-electron chi connectivity index (χ1n) is 3.98. The number of carboxylic acid groups (broad SMARTS) is 2. The Morgan fingerprint density at radius 3 is 1.50 bits per heavy atom. The van der Waals surface area contributed by atoms with Crippen LogP contribution in [0.15, 0.2) is 0 Å². The Kier molecular flexibility index (Phi) is 9.46. The summed E-state index contributed by atoms with van der Waals surface area (Å²) >= 11 is 8.88. The first-order chi connectivity index (χ1) is 7.52. The zero-order valence-corrected chi connectivity index (χ0v) is 11.2. The minimum Gasteiger partial charge on any atom is -0.704 e. The van der Waals surface area contributed by atoms with Gasteiger partial charge >= 0.3 is 11.9 Å². The third-order valence-corrected chi connectivity index (χ3v) is 4.42. The molecule has 0 amide bonds. The van der Waals surface area contributed by atoms with Crippen LogP contribution in [-0.4, -0.2) is 45.7 Å². The van der Waals surface area contributed by atoms with Crippen molar-refractivity contribution >= 4 is 59.2 Å². The molecule has 0 aromatic carbocycles. The Morgan fingerprint density at radius 1 is 1.00 bits per heavy atom. The van der Waals surface area contributed by atoms with Crippen LogP contribution in [0.25, 0.3) is 0 Å². The molecule has 10 heteroatoms. The molecule has 0 saturated heterocycles. The van der Waals surface area contributed by atoms with E-state index in [-0.39, 0.29) is 11.5 Å². The van der Waals surface area contributed by atoms with Crippen LogP contribution in [0.1, 0.15) is 0 Å². The van der Waals surface area contributed by atoms with Gasteiger partial charge in [0, 0.05) is 11.5 Å². The fourth-order valence-electron chi connectivity index (χ4n) is 0.544.